The smallest absolute Gasteiger partial charge is 0.266 e. The first-order valence-corrected chi connectivity index (χ1v) is 10.9. The highest BCUT2D eigenvalue weighted by atomic mass is 16.5. The van der Waals surface area contributed by atoms with Gasteiger partial charge in [-0.2, -0.15) is 0 Å². The molecule has 1 aliphatic rings. The fraction of sp³-hybridized carbons (Fsp3) is 0.375. The second-order valence-electron chi connectivity index (χ2n) is 7.63. The minimum atomic E-state index is -0.0887. The van der Waals surface area contributed by atoms with Crippen LogP contribution in [0.3, 0.4) is 0 Å². The highest BCUT2D eigenvalue weighted by molar-refractivity contribution is 5.78. The first-order valence-electron chi connectivity index (χ1n) is 10.9. The Morgan fingerprint density at radius 1 is 1.10 bits per heavy atom. The Hall–Kier alpha value is -3.19. The predicted molar refractivity (Wildman–Crippen MR) is 121 cm³/mol. The van der Waals surface area contributed by atoms with Crippen molar-refractivity contribution in [2.75, 3.05) is 26.2 Å². The summed E-state index contributed by atoms with van der Waals surface area (Å²) < 4.78 is 7.19. The van der Waals surface area contributed by atoms with Crippen LogP contribution < -0.4 is 15.6 Å². The van der Waals surface area contributed by atoms with Gasteiger partial charge >= 0.3 is 0 Å². The second-order valence-corrected chi connectivity index (χ2v) is 7.63. The lowest BCUT2D eigenvalue weighted by Gasteiger charge is -2.17. The summed E-state index contributed by atoms with van der Waals surface area (Å²) in [5.74, 6) is 1.68. The predicted octanol–water partition coefficient (Wildman–Crippen LogP) is 2.89. The first-order chi connectivity index (χ1) is 15.2. The molecule has 2 aromatic carbocycles. The van der Waals surface area contributed by atoms with Crippen LogP contribution in [0.4, 0.5) is 0 Å². The number of hydrogen-bond acceptors (Lipinski definition) is 5. The van der Waals surface area contributed by atoms with E-state index >= 15 is 0 Å². The number of para-hydroxylation sites is 1. The van der Waals surface area contributed by atoms with Gasteiger partial charge in [0.25, 0.3) is 5.56 Å². The summed E-state index contributed by atoms with van der Waals surface area (Å²) in [5.41, 5.74) is 1.36. The van der Waals surface area contributed by atoms with Gasteiger partial charge in [-0.25, -0.2) is 4.98 Å². The van der Waals surface area contributed by atoms with E-state index in [0.717, 1.165) is 43.9 Å². The number of rotatable bonds is 9. The molecule has 1 N–H and O–H groups in total. The zero-order valence-electron chi connectivity index (χ0n) is 17.8. The molecule has 3 aromatic rings. The lowest BCUT2D eigenvalue weighted by atomic mass is 10.2. The second kappa shape index (κ2) is 9.75. The van der Waals surface area contributed by atoms with Crippen molar-refractivity contribution >= 4 is 16.8 Å². The molecule has 31 heavy (non-hydrogen) atoms. The summed E-state index contributed by atoms with van der Waals surface area (Å²) >= 11 is 0. The molecule has 1 aliphatic heterocycles. The molecule has 7 nitrogen and oxygen atoms in total. The lowest BCUT2D eigenvalue weighted by Crippen LogP contribution is -2.30. The fourth-order valence-corrected chi connectivity index (χ4v) is 3.96. The number of likely N-dealkylation sites (tertiary alicyclic amines) is 1. The van der Waals surface area contributed by atoms with Gasteiger partial charge in [0, 0.05) is 19.5 Å². The van der Waals surface area contributed by atoms with E-state index in [0.29, 0.717) is 36.3 Å². The van der Waals surface area contributed by atoms with E-state index in [2.05, 4.69) is 5.32 Å². The molecule has 7 heteroatoms. The molecule has 2 heterocycles. The minimum Gasteiger partial charge on any atom is -0.494 e. The van der Waals surface area contributed by atoms with Gasteiger partial charge in [0.2, 0.25) is 5.91 Å². The molecule has 4 rings (SSSR count). The van der Waals surface area contributed by atoms with E-state index in [1.165, 1.54) is 0 Å². The molecule has 0 saturated carbocycles. The van der Waals surface area contributed by atoms with Crippen molar-refractivity contribution in [1.29, 1.82) is 0 Å². The van der Waals surface area contributed by atoms with Gasteiger partial charge in [-0.3, -0.25) is 14.2 Å². The van der Waals surface area contributed by atoms with Crippen molar-refractivity contribution in [3.05, 3.63) is 64.7 Å². The Labute approximate surface area is 181 Å². The number of amides is 1. The number of hydrogen-bond donors (Lipinski definition) is 1. The molecule has 0 unspecified atom stereocenters. The standard InChI is InChI=1S/C24H28N4O3/c1-2-31-19-12-10-18(11-13-19)28-22(26-21-8-4-3-7-20(21)24(28)30)17-25-14-6-16-27-15-5-9-23(27)29/h3-4,7-8,10-13,25H,2,5-6,9,14-17H2,1H3. The lowest BCUT2D eigenvalue weighted by molar-refractivity contribution is -0.127. The van der Waals surface area contributed by atoms with E-state index in [4.69, 9.17) is 9.72 Å². The molecule has 1 aromatic heterocycles. The molecular weight excluding hydrogens is 392 g/mol. The number of nitrogens with one attached hydrogen (secondary N) is 1. The molecule has 0 aliphatic carbocycles. The van der Waals surface area contributed by atoms with Crippen LogP contribution in [0, 0.1) is 0 Å². The van der Waals surface area contributed by atoms with Crippen LogP contribution in [-0.4, -0.2) is 46.6 Å². The number of aromatic nitrogens is 2. The minimum absolute atomic E-state index is 0.0887. The van der Waals surface area contributed by atoms with Crippen LogP contribution >= 0.6 is 0 Å². The van der Waals surface area contributed by atoms with Gasteiger partial charge in [-0.15, -0.1) is 0 Å². The largest absolute Gasteiger partial charge is 0.494 e. The molecule has 1 amide bonds. The van der Waals surface area contributed by atoms with Gasteiger partial charge in [-0.1, -0.05) is 12.1 Å². The maximum atomic E-state index is 13.3. The molecule has 1 saturated heterocycles. The van der Waals surface area contributed by atoms with Crippen molar-refractivity contribution in [2.24, 2.45) is 0 Å². The fourth-order valence-electron chi connectivity index (χ4n) is 3.96. The van der Waals surface area contributed by atoms with Crippen LogP contribution in [0.15, 0.2) is 53.3 Å². The molecule has 162 valence electrons. The number of fused-ring (bicyclic) bond motifs is 1. The quantitative estimate of drug-likeness (QED) is 0.539. The number of benzene rings is 2. The number of carbonyl (C=O) groups is 1. The van der Waals surface area contributed by atoms with Crippen molar-refractivity contribution in [2.45, 2.75) is 32.7 Å². The SMILES string of the molecule is CCOc1ccc(-n2c(CNCCCN3CCCC3=O)nc3ccccc3c2=O)cc1. The average Bonchev–Trinajstić information content (AvgIpc) is 3.19. The molecule has 0 spiro atoms. The van der Waals surface area contributed by atoms with Gasteiger partial charge in [-0.05, 0) is 62.7 Å². The summed E-state index contributed by atoms with van der Waals surface area (Å²) in [7, 11) is 0. The van der Waals surface area contributed by atoms with Crippen LogP contribution in [-0.2, 0) is 11.3 Å². The number of nitrogens with zero attached hydrogens (tertiary/aromatic N) is 3. The summed E-state index contributed by atoms with van der Waals surface area (Å²) in [6.07, 6.45) is 2.50. The van der Waals surface area contributed by atoms with E-state index in [1.54, 1.807) is 10.6 Å². The van der Waals surface area contributed by atoms with Crippen molar-refractivity contribution < 1.29 is 9.53 Å². The van der Waals surface area contributed by atoms with Crippen molar-refractivity contribution in [3.8, 4) is 11.4 Å². The number of carbonyl (C=O) groups excluding carboxylic acids is 1. The molecule has 0 bridgehead atoms. The summed E-state index contributed by atoms with van der Waals surface area (Å²) in [6.45, 7) is 5.37. The van der Waals surface area contributed by atoms with Crippen LogP contribution in [0.1, 0.15) is 32.0 Å². The molecule has 1 fully saturated rings. The van der Waals surface area contributed by atoms with Crippen LogP contribution in [0.25, 0.3) is 16.6 Å². The van der Waals surface area contributed by atoms with Gasteiger partial charge in [0.05, 0.1) is 29.7 Å². The summed E-state index contributed by atoms with van der Waals surface area (Å²) in [6, 6.07) is 14.9. The molecule has 0 radical (unpaired) electrons. The first kappa shape index (κ1) is 21.1. The third-order valence-electron chi connectivity index (χ3n) is 5.49. The Morgan fingerprint density at radius 2 is 1.90 bits per heavy atom. The average molecular weight is 421 g/mol. The zero-order valence-corrected chi connectivity index (χ0v) is 17.8. The van der Waals surface area contributed by atoms with E-state index in [1.807, 2.05) is 54.3 Å². The van der Waals surface area contributed by atoms with Crippen molar-refractivity contribution in [3.63, 3.8) is 0 Å². The Balaban J connectivity index is 1.54. The van der Waals surface area contributed by atoms with Crippen LogP contribution in [0.2, 0.25) is 0 Å². The Morgan fingerprint density at radius 3 is 2.65 bits per heavy atom. The third kappa shape index (κ3) is 4.77. The normalized spacial score (nSPS) is 13.8. The maximum absolute atomic E-state index is 13.3. The highest BCUT2D eigenvalue weighted by Crippen LogP contribution is 2.17. The summed E-state index contributed by atoms with van der Waals surface area (Å²) in [5, 5.41) is 3.98. The zero-order chi connectivity index (χ0) is 21.6. The molecular formula is C24H28N4O3. The topological polar surface area (TPSA) is 76.5 Å². The maximum Gasteiger partial charge on any atom is 0.266 e. The Bertz CT molecular complexity index is 1110. The monoisotopic (exact) mass is 420 g/mol. The highest BCUT2D eigenvalue weighted by Gasteiger charge is 2.19. The van der Waals surface area contributed by atoms with Gasteiger partial charge < -0.3 is 15.0 Å². The van der Waals surface area contributed by atoms with Gasteiger partial charge in [0.15, 0.2) is 0 Å². The van der Waals surface area contributed by atoms with E-state index < -0.39 is 0 Å². The van der Waals surface area contributed by atoms with Gasteiger partial charge in [0.1, 0.15) is 11.6 Å². The third-order valence-corrected chi connectivity index (χ3v) is 5.49. The number of ether oxygens (including phenoxy) is 1. The molecule has 0 atom stereocenters. The van der Waals surface area contributed by atoms with E-state index in [9.17, 15) is 9.59 Å². The van der Waals surface area contributed by atoms with Crippen LogP contribution in [0.5, 0.6) is 5.75 Å². The van der Waals surface area contributed by atoms with E-state index in [-0.39, 0.29) is 11.5 Å². The Kier molecular flexibility index (Phi) is 6.62. The van der Waals surface area contributed by atoms with Crippen molar-refractivity contribution in [1.82, 2.24) is 19.8 Å². The summed E-state index contributed by atoms with van der Waals surface area (Å²) in [4.78, 5) is 31.7.